The maximum Gasteiger partial charge on any atom is 0.330 e. The van der Waals surface area contributed by atoms with Crippen LogP contribution in [0.25, 0.3) is 0 Å². The SMILES string of the molecule is COc1ccc(C2(c3ccccc3)NC(=O)N(c3ccccc3)C2=O)cc1. The quantitative estimate of drug-likeness (QED) is 0.724. The zero-order chi connectivity index (χ0) is 18.9. The highest BCUT2D eigenvalue weighted by Crippen LogP contribution is 2.38. The second-order valence-electron chi connectivity index (χ2n) is 6.25. The van der Waals surface area contributed by atoms with Crippen molar-refractivity contribution >= 4 is 17.6 Å². The average molecular weight is 358 g/mol. The molecule has 3 aromatic carbocycles. The van der Waals surface area contributed by atoms with Crippen LogP contribution in [0.2, 0.25) is 0 Å². The summed E-state index contributed by atoms with van der Waals surface area (Å²) >= 11 is 0. The molecule has 0 bridgehead atoms. The number of ether oxygens (including phenoxy) is 1. The third-order valence-electron chi connectivity index (χ3n) is 4.77. The molecule has 4 rings (SSSR count). The number of amides is 3. The number of hydrogen-bond donors (Lipinski definition) is 1. The van der Waals surface area contributed by atoms with Crippen molar-refractivity contribution in [3.05, 3.63) is 96.1 Å². The van der Waals surface area contributed by atoms with Crippen LogP contribution in [0.4, 0.5) is 10.5 Å². The Morgan fingerprint density at radius 3 is 1.93 bits per heavy atom. The van der Waals surface area contributed by atoms with Crippen LogP contribution in [0.15, 0.2) is 84.9 Å². The fourth-order valence-corrected chi connectivity index (χ4v) is 3.43. The van der Waals surface area contributed by atoms with Gasteiger partial charge < -0.3 is 10.1 Å². The molecule has 3 aromatic rings. The van der Waals surface area contributed by atoms with Gasteiger partial charge >= 0.3 is 6.03 Å². The molecule has 0 radical (unpaired) electrons. The van der Waals surface area contributed by atoms with Gasteiger partial charge in [0.2, 0.25) is 0 Å². The van der Waals surface area contributed by atoms with Crippen LogP contribution < -0.4 is 15.0 Å². The molecule has 1 heterocycles. The molecular weight excluding hydrogens is 340 g/mol. The van der Waals surface area contributed by atoms with Gasteiger partial charge in [-0.15, -0.1) is 0 Å². The summed E-state index contributed by atoms with van der Waals surface area (Å²) in [4.78, 5) is 27.6. The van der Waals surface area contributed by atoms with Gasteiger partial charge in [0.15, 0.2) is 5.54 Å². The third-order valence-corrected chi connectivity index (χ3v) is 4.77. The Balaban J connectivity index is 1.89. The Kier molecular flexibility index (Phi) is 4.12. The van der Waals surface area contributed by atoms with Gasteiger partial charge in [-0.2, -0.15) is 0 Å². The molecule has 5 nitrogen and oxygen atoms in total. The molecule has 1 aliphatic heterocycles. The van der Waals surface area contributed by atoms with E-state index in [2.05, 4.69) is 5.32 Å². The minimum atomic E-state index is -1.29. The van der Waals surface area contributed by atoms with Crippen molar-refractivity contribution in [2.24, 2.45) is 0 Å². The van der Waals surface area contributed by atoms with Crippen molar-refractivity contribution in [2.75, 3.05) is 12.0 Å². The zero-order valence-electron chi connectivity index (χ0n) is 14.8. The van der Waals surface area contributed by atoms with E-state index in [9.17, 15) is 9.59 Å². The summed E-state index contributed by atoms with van der Waals surface area (Å²) in [7, 11) is 1.58. The molecule has 1 N–H and O–H groups in total. The largest absolute Gasteiger partial charge is 0.497 e. The molecule has 134 valence electrons. The molecule has 3 amide bonds. The van der Waals surface area contributed by atoms with E-state index in [1.807, 2.05) is 36.4 Å². The Morgan fingerprint density at radius 2 is 1.33 bits per heavy atom. The first-order valence-electron chi connectivity index (χ1n) is 8.58. The minimum absolute atomic E-state index is 0.338. The molecular formula is C22H18N2O3. The summed E-state index contributed by atoms with van der Waals surface area (Å²) in [5.74, 6) is 0.341. The van der Waals surface area contributed by atoms with Crippen LogP contribution >= 0.6 is 0 Å². The molecule has 1 atom stereocenters. The lowest BCUT2D eigenvalue weighted by Crippen LogP contribution is -2.45. The number of hydrogen-bond acceptors (Lipinski definition) is 3. The van der Waals surface area contributed by atoms with E-state index in [4.69, 9.17) is 4.74 Å². The molecule has 0 spiro atoms. The summed E-state index contributed by atoms with van der Waals surface area (Å²) in [5, 5.41) is 2.93. The number of methoxy groups -OCH3 is 1. The van der Waals surface area contributed by atoms with Crippen LogP contribution in [0.5, 0.6) is 5.75 Å². The first-order chi connectivity index (χ1) is 13.2. The number of carbonyl (C=O) groups is 2. The van der Waals surface area contributed by atoms with Crippen LogP contribution in [-0.2, 0) is 10.3 Å². The summed E-state index contributed by atoms with van der Waals surface area (Å²) in [6.45, 7) is 0. The predicted molar refractivity (Wildman–Crippen MR) is 103 cm³/mol. The number of carbonyl (C=O) groups excluding carboxylic acids is 2. The molecule has 1 aliphatic rings. The molecule has 1 saturated heterocycles. The monoisotopic (exact) mass is 358 g/mol. The highest BCUT2D eigenvalue weighted by atomic mass is 16.5. The first kappa shape index (κ1) is 16.8. The summed E-state index contributed by atoms with van der Waals surface area (Å²) in [6.07, 6.45) is 0. The molecule has 1 fully saturated rings. The van der Waals surface area contributed by atoms with Gasteiger partial charge in [-0.05, 0) is 35.4 Å². The predicted octanol–water partition coefficient (Wildman–Crippen LogP) is 3.70. The van der Waals surface area contributed by atoms with Gasteiger partial charge in [-0.3, -0.25) is 4.79 Å². The summed E-state index contributed by atoms with van der Waals surface area (Å²) < 4.78 is 5.23. The van der Waals surface area contributed by atoms with Gasteiger partial charge in [0.1, 0.15) is 5.75 Å². The van der Waals surface area contributed by atoms with Crippen LogP contribution in [0.3, 0.4) is 0 Å². The van der Waals surface area contributed by atoms with Crippen molar-refractivity contribution in [3.63, 3.8) is 0 Å². The van der Waals surface area contributed by atoms with Crippen LogP contribution in [-0.4, -0.2) is 19.0 Å². The van der Waals surface area contributed by atoms with Gasteiger partial charge in [0.05, 0.1) is 12.8 Å². The average Bonchev–Trinajstić information content (AvgIpc) is 3.00. The number of nitrogens with zero attached hydrogens (tertiary/aromatic N) is 1. The second kappa shape index (κ2) is 6.61. The highest BCUT2D eigenvalue weighted by Gasteiger charge is 2.54. The topological polar surface area (TPSA) is 58.6 Å². The van der Waals surface area contributed by atoms with Crippen LogP contribution in [0, 0.1) is 0 Å². The van der Waals surface area contributed by atoms with E-state index in [1.54, 1.807) is 55.6 Å². The van der Waals surface area contributed by atoms with Crippen molar-refractivity contribution < 1.29 is 14.3 Å². The second-order valence-corrected chi connectivity index (χ2v) is 6.25. The van der Waals surface area contributed by atoms with Gasteiger partial charge in [-0.1, -0.05) is 60.7 Å². The number of urea groups is 1. The van der Waals surface area contributed by atoms with E-state index in [0.717, 1.165) is 0 Å². The molecule has 0 aromatic heterocycles. The number of anilines is 1. The first-order valence-corrected chi connectivity index (χ1v) is 8.58. The molecule has 0 aliphatic carbocycles. The van der Waals surface area contributed by atoms with Crippen molar-refractivity contribution in [1.82, 2.24) is 5.32 Å². The number of imide groups is 1. The lowest BCUT2D eigenvalue weighted by atomic mass is 9.82. The zero-order valence-corrected chi connectivity index (χ0v) is 14.8. The van der Waals surface area contributed by atoms with Gasteiger partial charge in [0, 0.05) is 0 Å². The standard InChI is InChI=1S/C22H18N2O3/c1-27-19-14-12-17(13-15-19)22(16-8-4-2-5-9-16)20(25)24(21(26)23-22)18-10-6-3-7-11-18/h2-15H,1H3,(H,23,26). The van der Waals surface area contributed by atoms with E-state index in [1.165, 1.54) is 4.90 Å². The fourth-order valence-electron chi connectivity index (χ4n) is 3.43. The molecule has 27 heavy (non-hydrogen) atoms. The summed E-state index contributed by atoms with van der Waals surface area (Å²) in [5.41, 5.74) is 0.616. The minimum Gasteiger partial charge on any atom is -0.497 e. The molecule has 0 saturated carbocycles. The van der Waals surface area contributed by atoms with Gasteiger partial charge in [-0.25, -0.2) is 9.69 Å². The van der Waals surface area contributed by atoms with E-state index in [-0.39, 0.29) is 5.91 Å². The normalized spacial score (nSPS) is 19.1. The Labute approximate surface area is 157 Å². The Bertz CT molecular complexity index is 971. The van der Waals surface area contributed by atoms with E-state index >= 15 is 0 Å². The highest BCUT2D eigenvalue weighted by molar-refractivity contribution is 6.24. The third kappa shape index (κ3) is 2.64. The number of benzene rings is 3. The molecule has 5 heteroatoms. The van der Waals surface area contributed by atoms with Crippen LogP contribution in [0.1, 0.15) is 11.1 Å². The molecule has 1 unspecified atom stereocenters. The smallest absolute Gasteiger partial charge is 0.330 e. The maximum absolute atomic E-state index is 13.6. The fraction of sp³-hybridized carbons (Fsp3) is 0.0909. The number of rotatable bonds is 4. The van der Waals surface area contributed by atoms with Crippen molar-refractivity contribution in [3.8, 4) is 5.75 Å². The van der Waals surface area contributed by atoms with Gasteiger partial charge in [0.25, 0.3) is 5.91 Å². The number of nitrogens with one attached hydrogen (secondary N) is 1. The summed E-state index contributed by atoms with van der Waals surface area (Å²) in [6, 6.07) is 24.9. The maximum atomic E-state index is 13.6. The van der Waals surface area contributed by atoms with E-state index in [0.29, 0.717) is 22.6 Å². The Hall–Kier alpha value is -3.60. The van der Waals surface area contributed by atoms with Crippen molar-refractivity contribution in [1.29, 1.82) is 0 Å². The number of para-hydroxylation sites is 1. The van der Waals surface area contributed by atoms with E-state index < -0.39 is 11.6 Å². The lowest BCUT2D eigenvalue weighted by molar-refractivity contribution is -0.121. The van der Waals surface area contributed by atoms with Crippen molar-refractivity contribution in [2.45, 2.75) is 5.54 Å². The Morgan fingerprint density at radius 1 is 0.778 bits per heavy atom. The lowest BCUT2D eigenvalue weighted by Gasteiger charge is -2.28.